The van der Waals surface area contributed by atoms with Crippen molar-refractivity contribution in [2.24, 2.45) is 11.7 Å². The van der Waals surface area contributed by atoms with Gasteiger partial charge in [0.15, 0.2) is 0 Å². The van der Waals surface area contributed by atoms with E-state index in [-0.39, 0.29) is 17.2 Å². The summed E-state index contributed by atoms with van der Waals surface area (Å²) >= 11 is 0. The molecule has 0 aliphatic heterocycles. The number of aliphatic hydroxyl groups is 2. The monoisotopic (exact) mass is 315 g/mol. The molecule has 1 amide bonds. The van der Waals surface area contributed by atoms with Crippen LogP contribution in [0.2, 0.25) is 0 Å². The summed E-state index contributed by atoms with van der Waals surface area (Å²) in [6.07, 6.45) is 6.20. The van der Waals surface area contributed by atoms with E-state index in [2.05, 4.69) is 0 Å². The normalized spacial score (nSPS) is 37.8. The molecule has 0 radical (unpaired) electrons. The van der Waals surface area contributed by atoms with E-state index in [9.17, 15) is 20.1 Å². The van der Waals surface area contributed by atoms with Gasteiger partial charge < -0.3 is 21.1 Å². The summed E-state index contributed by atoms with van der Waals surface area (Å²) < 4.78 is 0. The molecule has 1 aromatic rings. The number of phenols is 1. The van der Waals surface area contributed by atoms with Crippen LogP contribution in [-0.2, 0) is 11.8 Å². The van der Waals surface area contributed by atoms with Crippen molar-refractivity contribution in [1.29, 1.82) is 0 Å². The number of nitrogens with two attached hydrogens (primary N) is 1. The lowest BCUT2D eigenvalue weighted by molar-refractivity contribution is -0.105. The summed E-state index contributed by atoms with van der Waals surface area (Å²) in [5, 5.41) is 32.4. The third kappa shape index (κ3) is 1.72. The Bertz CT molecular complexity index is 728. The number of primary amides is 1. The zero-order valence-electron chi connectivity index (χ0n) is 12.8. The number of hydrogen-bond acceptors (Lipinski definition) is 4. The van der Waals surface area contributed by atoms with Crippen molar-refractivity contribution >= 4 is 5.91 Å². The molecule has 3 aliphatic rings. The van der Waals surface area contributed by atoms with Gasteiger partial charge in [0.1, 0.15) is 5.75 Å². The van der Waals surface area contributed by atoms with Crippen LogP contribution in [0, 0.1) is 5.92 Å². The number of carbonyl (C=O) groups is 1. The second-order valence-electron chi connectivity index (χ2n) is 7.19. The van der Waals surface area contributed by atoms with Crippen molar-refractivity contribution in [3.63, 3.8) is 0 Å². The van der Waals surface area contributed by atoms with Crippen LogP contribution >= 0.6 is 0 Å². The van der Waals surface area contributed by atoms with Crippen LogP contribution < -0.4 is 5.73 Å². The van der Waals surface area contributed by atoms with Crippen molar-refractivity contribution in [3.8, 4) is 5.75 Å². The number of rotatable bonds is 1. The second-order valence-corrected chi connectivity index (χ2v) is 7.19. The smallest absolute Gasteiger partial charge is 0.252 e. The Labute approximate surface area is 134 Å². The first-order valence-electron chi connectivity index (χ1n) is 8.14. The minimum absolute atomic E-state index is 0.0614. The molecule has 3 aliphatic carbocycles. The fourth-order valence-corrected chi connectivity index (χ4v) is 5.19. The van der Waals surface area contributed by atoms with Gasteiger partial charge in [0.25, 0.3) is 5.91 Å². The zero-order valence-corrected chi connectivity index (χ0v) is 12.8. The fraction of sp³-hybridized carbons (Fsp3) is 0.500. The zero-order chi connectivity index (χ0) is 16.4. The van der Waals surface area contributed by atoms with E-state index in [4.69, 9.17) is 5.73 Å². The molecule has 0 saturated heterocycles. The summed E-state index contributed by atoms with van der Waals surface area (Å²) in [5.41, 5.74) is 5.16. The molecule has 1 fully saturated rings. The van der Waals surface area contributed by atoms with E-state index < -0.39 is 23.0 Å². The molecule has 4 rings (SSSR count). The molecule has 23 heavy (non-hydrogen) atoms. The van der Waals surface area contributed by atoms with E-state index >= 15 is 0 Å². The van der Waals surface area contributed by atoms with E-state index in [0.717, 1.165) is 18.4 Å². The second kappa shape index (κ2) is 4.58. The lowest BCUT2D eigenvalue weighted by Gasteiger charge is -2.59. The predicted molar refractivity (Wildman–Crippen MR) is 84.1 cm³/mol. The lowest BCUT2D eigenvalue weighted by atomic mass is 9.47. The first-order valence-corrected chi connectivity index (χ1v) is 8.14. The fourth-order valence-electron chi connectivity index (χ4n) is 5.19. The summed E-state index contributed by atoms with van der Waals surface area (Å²) in [7, 11) is 0. The molecule has 1 aromatic carbocycles. The standard InChI is InChI=1S/C18H21NO4/c19-16(22)13-4-3-10-8-11-2-1-6-17(14(10)15(13)21)9-12(20)5-7-18(11,17)23/h3-5,7,11-12,20-21,23H,1-2,6,8-9H2,(H2,19,22)/t11-,12?,17-,18-/m1/s1. The van der Waals surface area contributed by atoms with Crippen LogP contribution in [0.25, 0.3) is 0 Å². The van der Waals surface area contributed by atoms with Gasteiger partial charge in [-0.05, 0) is 43.2 Å². The van der Waals surface area contributed by atoms with Gasteiger partial charge in [-0.1, -0.05) is 24.6 Å². The largest absolute Gasteiger partial charge is 0.507 e. The maximum absolute atomic E-state index is 11.6. The van der Waals surface area contributed by atoms with Gasteiger partial charge in [0.05, 0.1) is 17.3 Å². The maximum Gasteiger partial charge on any atom is 0.252 e. The van der Waals surface area contributed by atoms with Crippen LogP contribution in [0.4, 0.5) is 0 Å². The van der Waals surface area contributed by atoms with Crippen LogP contribution in [-0.4, -0.2) is 32.9 Å². The van der Waals surface area contributed by atoms with Crippen molar-refractivity contribution in [3.05, 3.63) is 41.0 Å². The summed E-state index contributed by atoms with van der Waals surface area (Å²) in [6, 6.07) is 3.39. The molecule has 5 N–H and O–H groups in total. The highest BCUT2D eigenvalue weighted by molar-refractivity contribution is 5.96. The SMILES string of the molecule is NC(=O)c1ccc2c(c1O)[C@]13CCC[C@H](C2)[C@]1(O)C=CC(O)C3. The molecule has 122 valence electrons. The van der Waals surface area contributed by atoms with Gasteiger partial charge in [0.2, 0.25) is 0 Å². The van der Waals surface area contributed by atoms with Crippen LogP contribution in [0.15, 0.2) is 24.3 Å². The number of amides is 1. The highest BCUT2D eigenvalue weighted by atomic mass is 16.3. The Kier molecular flexibility index (Phi) is 2.93. The Morgan fingerprint density at radius 2 is 2.13 bits per heavy atom. The first-order chi connectivity index (χ1) is 10.9. The van der Waals surface area contributed by atoms with Crippen molar-refractivity contribution in [1.82, 2.24) is 0 Å². The molecule has 5 nitrogen and oxygen atoms in total. The lowest BCUT2D eigenvalue weighted by Crippen LogP contribution is -2.63. The molecule has 5 heteroatoms. The molecule has 1 unspecified atom stereocenters. The minimum atomic E-state index is -1.09. The highest BCUT2D eigenvalue weighted by Crippen LogP contribution is 2.61. The predicted octanol–water partition coefficient (Wildman–Crippen LogP) is 1.14. The summed E-state index contributed by atoms with van der Waals surface area (Å²) in [6.45, 7) is 0. The molecule has 0 heterocycles. The quantitative estimate of drug-likeness (QED) is 0.583. The van der Waals surface area contributed by atoms with Gasteiger partial charge in [-0.25, -0.2) is 0 Å². The number of carbonyl (C=O) groups excluding carboxylic acids is 1. The number of aromatic hydroxyl groups is 1. The third-order valence-corrected chi connectivity index (χ3v) is 6.15. The van der Waals surface area contributed by atoms with Crippen molar-refractivity contribution < 1.29 is 20.1 Å². The number of fused-ring (bicyclic) bond motifs is 1. The molecule has 2 bridgehead atoms. The molecular formula is C18H21NO4. The highest BCUT2D eigenvalue weighted by Gasteiger charge is 2.62. The Morgan fingerprint density at radius 3 is 2.87 bits per heavy atom. The van der Waals surface area contributed by atoms with Crippen molar-refractivity contribution in [2.45, 2.75) is 49.2 Å². The Hall–Kier alpha value is -1.85. The van der Waals surface area contributed by atoms with Crippen LogP contribution in [0.5, 0.6) is 5.75 Å². The van der Waals surface area contributed by atoms with Gasteiger partial charge in [-0.3, -0.25) is 4.79 Å². The van der Waals surface area contributed by atoms with E-state index in [1.54, 1.807) is 18.2 Å². The number of hydrogen-bond donors (Lipinski definition) is 4. The maximum atomic E-state index is 11.6. The Morgan fingerprint density at radius 1 is 1.35 bits per heavy atom. The van der Waals surface area contributed by atoms with Crippen molar-refractivity contribution in [2.75, 3.05) is 0 Å². The van der Waals surface area contributed by atoms with Gasteiger partial charge in [-0.15, -0.1) is 0 Å². The molecular weight excluding hydrogens is 294 g/mol. The van der Waals surface area contributed by atoms with Crippen LogP contribution in [0.3, 0.4) is 0 Å². The molecule has 0 spiro atoms. The van der Waals surface area contributed by atoms with E-state index in [0.29, 0.717) is 24.8 Å². The average molecular weight is 315 g/mol. The number of aliphatic hydroxyl groups excluding tert-OH is 1. The Balaban J connectivity index is 2.03. The molecule has 0 aromatic heterocycles. The third-order valence-electron chi connectivity index (χ3n) is 6.15. The van der Waals surface area contributed by atoms with Gasteiger partial charge >= 0.3 is 0 Å². The summed E-state index contributed by atoms with van der Waals surface area (Å²) in [4.78, 5) is 11.6. The van der Waals surface area contributed by atoms with Gasteiger partial charge in [0, 0.05) is 11.0 Å². The summed E-state index contributed by atoms with van der Waals surface area (Å²) in [5.74, 6) is -0.752. The van der Waals surface area contributed by atoms with E-state index in [1.807, 2.05) is 6.07 Å². The van der Waals surface area contributed by atoms with Gasteiger partial charge in [-0.2, -0.15) is 0 Å². The van der Waals surface area contributed by atoms with E-state index in [1.165, 1.54) is 0 Å². The molecule has 1 saturated carbocycles. The minimum Gasteiger partial charge on any atom is -0.507 e. The molecule has 4 atom stereocenters. The number of benzene rings is 1. The van der Waals surface area contributed by atoms with Crippen LogP contribution in [0.1, 0.15) is 47.2 Å². The topological polar surface area (TPSA) is 104 Å². The average Bonchev–Trinajstić information content (AvgIpc) is 2.47. The first kappa shape index (κ1) is 14.7.